The van der Waals surface area contributed by atoms with Crippen LogP contribution < -0.4 is 0 Å². The Kier molecular flexibility index (Phi) is 1.76. The number of rotatable bonds is 1. The maximum Gasteiger partial charge on any atom is 0.176 e. The van der Waals surface area contributed by atoms with Crippen LogP contribution in [-0.2, 0) is 14.6 Å². The fourth-order valence-corrected chi connectivity index (χ4v) is 1.86. The topological polar surface area (TPSA) is 43.4 Å². The van der Waals surface area contributed by atoms with Crippen LogP contribution in [0.25, 0.3) is 0 Å². The lowest BCUT2D eigenvalue weighted by atomic mass is 10.3. The molecule has 1 aliphatic rings. The van der Waals surface area contributed by atoms with Gasteiger partial charge in [0.1, 0.15) is 0 Å². The summed E-state index contributed by atoms with van der Waals surface area (Å²) in [5, 5.41) is 0. The molecule has 1 atom stereocenters. The van der Waals surface area contributed by atoms with Crippen molar-refractivity contribution in [1.82, 2.24) is 0 Å². The SMILES string of the molecule is C[C@]1(S(C)(=O)=O)CCCO1. The van der Waals surface area contributed by atoms with Gasteiger partial charge in [-0.25, -0.2) is 8.42 Å². The standard InChI is InChI=1S/C6H12O3S/c1-6(10(2,7)8)4-3-5-9-6/h3-5H2,1-2H3/t6-/m0/s1. The van der Waals surface area contributed by atoms with E-state index in [9.17, 15) is 8.42 Å². The molecule has 1 aliphatic heterocycles. The zero-order valence-electron chi connectivity index (χ0n) is 6.25. The molecule has 0 spiro atoms. The molecule has 1 fully saturated rings. The van der Waals surface area contributed by atoms with Gasteiger partial charge in [0.05, 0.1) is 0 Å². The van der Waals surface area contributed by atoms with Crippen molar-refractivity contribution >= 4 is 9.84 Å². The molecule has 4 heteroatoms. The summed E-state index contributed by atoms with van der Waals surface area (Å²) < 4.78 is 27.2. The van der Waals surface area contributed by atoms with Crippen LogP contribution in [0.4, 0.5) is 0 Å². The van der Waals surface area contributed by atoms with E-state index >= 15 is 0 Å². The highest BCUT2D eigenvalue weighted by atomic mass is 32.2. The van der Waals surface area contributed by atoms with E-state index in [0.29, 0.717) is 13.0 Å². The van der Waals surface area contributed by atoms with Crippen molar-refractivity contribution in [1.29, 1.82) is 0 Å². The summed E-state index contributed by atoms with van der Waals surface area (Å²) in [7, 11) is -3.02. The van der Waals surface area contributed by atoms with E-state index in [4.69, 9.17) is 4.74 Å². The monoisotopic (exact) mass is 164 g/mol. The molecule has 10 heavy (non-hydrogen) atoms. The van der Waals surface area contributed by atoms with Crippen LogP contribution in [0.15, 0.2) is 0 Å². The molecule has 1 heterocycles. The third-order valence-corrected chi connectivity index (χ3v) is 3.86. The van der Waals surface area contributed by atoms with Crippen LogP contribution in [0.5, 0.6) is 0 Å². The fourth-order valence-electron chi connectivity index (χ4n) is 1.05. The molecule has 0 unspecified atom stereocenters. The van der Waals surface area contributed by atoms with E-state index in [1.54, 1.807) is 6.92 Å². The summed E-state index contributed by atoms with van der Waals surface area (Å²) in [6, 6.07) is 0. The first-order valence-electron chi connectivity index (χ1n) is 3.29. The van der Waals surface area contributed by atoms with Gasteiger partial charge in [0.25, 0.3) is 0 Å². The molecule has 0 bridgehead atoms. The quantitative estimate of drug-likeness (QED) is 0.568. The zero-order valence-corrected chi connectivity index (χ0v) is 7.07. The Hall–Kier alpha value is -0.0900. The second-order valence-corrected chi connectivity index (χ2v) is 5.27. The van der Waals surface area contributed by atoms with E-state index < -0.39 is 14.8 Å². The summed E-state index contributed by atoms with van der Waals surface area (Å²) >= 11 is 0. The van der Waals surface area contributed by atoms with E-state index in [-0.39, 0.29) is 0 Å². The third-order valence-electron chi connectivity index (χ3n) is 1.97. The van der Waals surface area contributed by atoms with Gasteiger partial charge in [0.15, 0.2) is 14.8 Å². The average Bonchev–Trinajstić information content (AvgIpc) is 2.13. The van der Waals surface area contributed by atoms with Crippen molar-refractivity contribution < 1.29 is 13.2 Å². The predicted molar refractivity (Wildman–Crippen MR) is 38.4 cm³/mol. The smallest absolute Gasteiger partial charge is 0.176 e. The molecule has 0 N–H and O–H groups in total. The van der Waals surface area contributed by atoms with Crippen LogP contribution in [0.1, 0.15) is 19.8 Å². The van der Waals surface area contributed by atoms with E-state index in [1.807, 2.05) is 0 Å². The second kappa shape index (κ2) is 2.20. The zero-order chi connectivity index (χ0) is 7.83. The average molecular weight is 164 g/mol. The van der Waals surface area contributed by atoms with E-state index in [1.165, 1.54) is 6.26 Å². The van der Waals surface area contributed by atoms with Crippen LogP contribution in [-0.4, -0.2) is 26.2 Å². The molecule has 0 aromatic carbocycles. The fraction of sp³-hybridized carbons (Fsp3) is 1.00. The Morgan fingerprint density at radius 1 is 1.50 bits per heavy atom. The predicted octanol–water partition coefficient (Wildman–Crippen LogP) is 0.558. The largest absolute Gasteiger partial charge is 0.359 e. The van der Waals surface area contributed by atoms with Gasteiger partial charge >= 0.3 is 0 Å². The van der Waals surface area contributed by atoms with Gasteiger partial charge in [0, 0.05) is 12.9 Å². The van der Waals surface area contributed by atoms with Gasteiger partial charge in [-0.3, -0.25) is 0 Å². The molecule has 0 radical (unpaired) electrons. The Labute approximate surface area is 61.3 Å². The summed E-state index contributed by atoms with van der Waals surface area (Å²) in [5.74, 6) is 0. The first-order chi connectivity index (χ1) is 4.46. The molecule has 1 rings (SSSR count). The van der Waals surface area contributed by atoms with Crippen molar-refractivity contribution in [3.8, 4) is 0 Å². The van der Waals surface area contributed by atoms with Crippen LogP contribution in [0.2, 0.25) is 0 Å². The van der Waals surface area contributed by atoms with Crippen molar-refractivity contribution in [2.75, 3.05) is 12.9 Å². The number of ether oxygens (including phenoxy) is 1. The molecule has 60 valence electrons. The summed E-state index contributed by atoms with van der Waals surface area (Å²) in [5.41, 5.74) is 0. The molecule has 0 aromatic heterocycles. The summed E-state index contributed by atoms with van der Waals surface area (Å²) in [4.78, 5) is -0.896. The number of sulfone groups is 1. The lowest BCUT2D eigenvalue weighted by Crippen LogP contribution is -2.33. The second-order valence-electron chi connectivity index (χ2n) is 2.86. The van der Waals surface area contributed by atoms with Crippen LogP contribution in [0.3, 0.4) is 0 Å². The molecule has 0 saturated carbocycles. The van der Waals surface area contributed by atoms with Gasteiger partial charge in [-0.2, -0.15) is 0 Å². The highest BCUT2D eigenvalue weighted by Crippen LogP contribution is 2.29. The third kappa shape index (κ3) is 1.18. The maximum atomic E-state index is 11.0. The lowest BCUT2D eigenvalue weighted by molar-refractivity contribution is 0.0882. The number of hydrogen-bond acceptors (Lipinski definition) is 3. The summed E-state index contributed by atoms with van der Waals surface area (Å²) in [6.45, 7) is 2.21. The Bertz CT molecular complexity index is 211. The number of hydrogen-bond donors (Lipinski definition) is 0. The van der Waals surface area contributed by atoms with Crippen molar-refractivity contribution in [2.45, 2.75) is 24.7 Å². The van der Waals surface area contributed by atoms with Crippen molar-refractivity contribution in [2.24, 2.45) is 0 Å². The Morgan fingerprint density at radius 2 is 2.10 bits per heavy atom. The van der Waals surface area contributed by atoms with Gasteiger partial charge in [-0.15, -0.1) is 0 Å². The Balaban J connectivity index is 2.88. The van der Waals surface area contributed by atoms with E-state index in [0.717, 1.165) is 6.42 Å². The highest BCUT2D eigenvalue weighted by molar-refractivity contribution is 7.91. The lowest BCUT2D eigenvalue weighted by Gasteiger charge is -2.19. The summed E-state index contributed by atoms with van der Waals surface area (Å²) in [6.07, 6.45) is 2.70. The minimum atomic E-state index is -3.02. The Morgan fingerprint density at radius 3 is 2.30 bits per heavy atom. The molecular weight excluding hydrogens is 152 g/mol. The van der Waals surface area contributed by atoms with Crippen molar-refractivity contribution in [3.05, 3.63) is 0 Å². The minimum Gasteiger partial charge on any atom is -0.359 e. The van der Waals surface area contributed by atoms with Gasteiger partial charge in [-0.1, -0.05) is 0 Å². The van der Waals surface area contributed by atoms with Gasteiger partial charge in [0.2, 0.25) is 0 Å². The van der Waals surface area contributed by atoms with Crippen LogP contribution in [0, 0.1) is 0 Å². The first kappa shape index (κ1) is 8.01. The molecule has 0 amide bonds. The first-order valence-corrected chi connectivity index (χ1v) is 5.18. The highest BCUT2D eigenvalue weighted by Gasteiger charge is 2.39. The van der Waals surface area contributed by atoms with E-state index in [2.05, 4.69) is 0 Å². The molecular formula is C6H12O3S. The van der Waals surface area contributed by atoms with Gasteiger partial charge in [-0.05, 0) is 19.8 Å². The van der Waals surface area contributed by atoms with Gasteiger partial charge < -0.3 is 4.74 Å². The molecule has 3 nitrogen and oxygen atoms in total. The van der Waals surface area contributed by atoms with Crippen LogP contribution >= 0.6 is 0 Å². The molecule has 1 saturated heterocycles. The minimum absolute atomic E-state index is 0.573. The van der Waals surface area contributed by atoms with Crippen molar-refractivity contribution in [3.63, 3.8) is 0 Å². The normalized spacial score (nSPS) is 34.6. The molecule has 0 aromatic rings. The molecule has 0 aliphatic carbocycles. The maximum absolute atomic E-state index is 11.0.